The van der Waals surface area contributed by atoms with Crippen LogP contribution in [0.5, 0.6) is 0 Å². The standard InChI is InChI=1S/C13H19N5O/c1-9-16-17-13-12(14-6-7-18(9)13)15-8-10-4-2-3-5-11(10)19/h6-7,10-11,19H,2-5,8H2,1H3,(H,14,15). The predicted molar refractivity (Wildman–Crippen MR) is 72.0 cm³/mol. The Kier molecular flexibility index (Phi) is 3.33. The molecular weight excluding hydrogens is 242 g/mol. The van der Waals surface area contributed by atoms with Gasteiger partial charge in [0.1, 0.15) is 5.82 Å². The first kappa shape index (κ1) is 12.3. The van der Waals surface area contributed by atoms with Crippen LogP contribution in [0.15, 0.2) is 12.4 Å². The van der Waals surface area contributed by atoms with E-state index in [9.17, 15) is 5.11 Å². The van der Waals surface area contributed by atoms with Crippen molar-refractivity contribution in [2.75, 3.05) is 11.9 Å². The van der Waals surface area contributed by atoms with Crippen LogP contribution in [-0.4, -0.2) is 37.3 Å². The molecule has 1 aliphatic carbocycles. The molecule has 1 aliphatic rings. The van der Waals surface area contributed by atoms with Crippen molar-refractivity contribution in [2.24, 2.45) is 5.92 Å². The molecule has 0 radical (unpaired) electrons. The number of aromatic nitrogens is 4. The summed E-state index contributed by atoms with van der Waals surface area (Å²) in [6, 6.07) is 0. The van der Waals surface area contributed by atoms with E-state index in [2.05, 4.69) is 20.5 Å². The number of nitrogens with one attached hydrogen (secondary N) is 1. The average molecular weight is 261 g/mol. The first-order valence-electron chi connectivity index (χ1n) is 6.84. The Morgan fingerprint density at radius 1 is 1.37 bits per heavy atom. The lowest BCUT2D eigenvalue weighted by Gasteiger charge is -2.27. The lowest BCUT2D eigenvalue weighted by molar-refractivity contribution is 0.0763. The molecule has 2 atom stereocenters. The van der Waals surface area contributed by atoms with Crippen LogP contribution in [0.2, 0.25) is 0 Å². The summed E-state index contributed by atoms with van der Waals surface area (Å²) in [7, 11) is 0. The van der Waals surface area contributed by atoms with E-state index in [0.717, 1.165) is 43.1 Å². The van der Waals surface area contributed by atoms with Crippen molar-refractivity contribution in [2.45, 2.75) is 38.7 Å². The molecule has 0 amide bonds. The van der Waals surface area contributed by atoms with Gasteiger partial charge in [0, 0.05) is 24.9 Å². The second-order valence-electron chi connectivity index (χ2n) is 5.21. The van der Waals surface area contributed by atoms with E-state index in [1.165, 1.54) is 6.42 Å². The third-order valence-corrected chi connectivity index (χ3v) is 3.90. The molecular formula is C13H19N5O. The van der Waals surface area contributed by atoms with E-state index in [1.54, 1.807) is 6.20 Å². The highest BCUT2D eigenvalue weighted by Gasteiger charge is 2.23. The van der Waals surface area contributed by atoms with Crippen LogP contribution in [-0.2, 0) is 0 Å². The second kappa shape index (κ2) is 5.13. The molecule has 1 saturated carbocycles. The Labute approximate surface area is 111 Å². The van der Waals surface area contributed by atoms with Gasteiger partial charge < -0.3 is 10.4 Å². The lowest BCUT2D eigenvalue weighted by Crippen LogP contribution is -2.30. The normalized spacial score (nSPS) is 23.7. The van der Waals surface area contributed by atoms with Gasteiger partial charge in [0.05, 0.1) is 6.10 Å². The lowest BCUT2D eigenvalue weighted by atomic mass is 9.86. The first-order chi connectivity index (χ1) is 9.25. The summed E-state index contributed by atoms with van der Waals surface area (Å²) in [5, 5.41) is 21.5. The Balaban J connectivity index is 1.74. The minimum Gasteiger partial charge on any atom is -0.393 e. The maximum atomic E-state index is 9.97. The zero-order chi connectivity index (χ0) is 13.2. The van der Waals surface area contributed by atoms with E-state index in [0.29, 0.717) is 5.92 Å². The van der Waals surface area contributed by atoms with Gasteiger partial charge in [0.2, 0.25) is 5.65 Å². The molecule has 2 aromatic rings. The van der Waals surface area contributed by atoms with E-state index < -0.39 is 0 Å². The quantitative estimate of drug-likeness (QED) is 0.873. The van der Waals surface area contributed by atoms with Gasteiger partial charge in [-0.05, 0) is 19.8 Å². The smallest absolute Gasteiger partial charge is 0.203 e. The maximum absolute atomic E-state index is 9.97. The summed E-state index contributed by atoms with van der Waals surface area (Å²) in [6.45, 7) is 2.65. The predicted octanol–water partition coefficient (Wildman–Crippen LogP) is 1.40. The highest BCUT2D eigenvalue weighted by molar-refractivity contribution is 5.61. The number of nitrogens with zero attached hydrogens (tertiary/aromatic N) is 4. The highest BCUT2D eigenvalue weighted by Crippen LogP contribution is 2.24. The van der Waals surface area contributed by atoms with Crippen molar-refractivity contribution in [1.82, 2.24) is 19.6 Å². The van der Waals surface area contributed by atoms with Crippen LogP contribution >= 0.6 is 0 Å². The van der Waals surface area contributed by atoms with Crippen LogP contribution < -0.4 is 5.32 Å². The van der Waals surface area contributed by atoms with Crippen LogP contribution in [0.4, 0.5) is 5.82 Å². The van der Waals surface area contributed by atoms with E-state index in [-0.39, 0.29) is 6.10 Å². The summed E-state index contributed by atoms with van der Waals surface area (Å²) < 4.78 is 1.91. The average Bonchev–Trinajstić information content (AvgIpc) is 2.81. The molecule has 0 aromatic carbocycles. The molecule has 2 N–H and O–H groups in total. The third kappa shape index (κ3) is 2.40. The molecule has 102 valence electrons. The van der Waals surface area contributed by atoms with Crippen molar-refractivity contribution in [3.63, 3.8) is 0 Å². The number of hydrogen-bond acceptors (Lipinski definition) is 5. The zero-order valence-electron chi connectivity index (χ0n) is 11.1. The van der Waals surface area contributed by atoms with E-state index >= 15 is 0 Å². The van der Waals surface area contributed by atoms with Crippen LogP contribution in [0, 0.1) is 12.8 Å². The van der Waals surface area contributed by atoms with E-state index in [4.69, 9.17) is 0 Å². The summed E-state index contributed by atoms with van der Waals surface area (Å²) in [5.41, 5.74) is 0.741. The maximum Gasteiger partial charge on any atom is 0.203 e. The van der Waals surface area contributed by atoms with Crippen molar-refractivity contribution in [3.05, 3.63) is 18.2 Å². The molecule has 19 heavy (non-hydrogen) atoms. The molecule has 0 bridgehead atoms. The number of fused-ring (bicyclic) bond motifs is 1. The summed E-state index contributed by atoms with van der Waals surface area (Å²) in [6.07, 6.45) is 7.71. The molecule has 6 nitrogen and oxygen atoms in total. The molecule has 3 rings (SSSR count). The van der Waals surface area contributed by atoms with Crippen molar-refractivity contribution in [1.29, 1.82) is 0 Å². The SMILES string of the molecule is Cc1nnc2c(NCC3CCCCC3O)nccn12. The second-order valence-corrected chi connectivity index (χ2v) is 5.21. The van der Waals surface area contributed by atoms with Gasteiger partial charge in [-0.25, -0.2) is 4.98 Å². The fourth-order valence-corrected chi connectivity index (χ4v) is 2.72. The number of aliphatic hydroxyl groups is 1. The fourth-order valence-electron chi connectivity index (χ4n) is 2.72. The molecule has 0 saturated heterocycles. The van der Waals surface area contributed by atoms with Gasteiger partial charge in [0.15, 0.2) is 5.82 Å². The molecule has 0 aliphatic heterocycles. The summed E-state index contributed by atoms with van der Waals surface area (Å²) in [5.74, 6) is 1.89. The molecule has 6 heteroatoms. The zero-order valence-corrected chi connectivity index (χ0v) is 11.1. The summed E-state index contributed by atoms with van der Waals surface area (Å²) in [4.78, 5) is 4.31. The van der Waals surface area contributed by atoms with Gasteiger partial charge in [0.25, 0.3) is 0 Å². The number of hydrogen-bond donors (Lipinski definition) is 2. The Morgan fingerprint density at radius 2 is 2.21 bits per heavy atom. The van der Waals surface area contributed by atoms with Gasteiger partial charge >= 0.3 is 0 Å². The largest absolute Gasteiger partial charge is 0.393 e. The summed E-state index contributed by atoms with van der Waals surface area (Å²) >= 11 is 0. The third-order valence-electron chi connectivity index (χ3n) is 3.90. The number of aliphatic hydroxyl groups excluding tert-OH is 1. The molecule has 1 fully saturated rings. The Bertz CT molecular complexity index is 567. The van der Waals surface area contributed by atoms with Crippen LogP contribution in [0.1, 0.15) is 31.5 Å². The van der Waals surface area contributed by atoms with Crippen molar-refractivity contribution < 1.29 is 5.11 Å². The van der Waals surface area contributed by atoms with Crippen LogP contribution in [0.3, 0.4) is 0 Å². The minimum atomic E-state index is -0.194. The van der Waals surface area contributed by atoms with Crippen molar-refractivity contribution >= 4 is 11.5 Å². The number of anilines is 1. The minimum absolute atomic E-state index is 0.194. The van der Waals surface area contributed by atoms with Gasteiger partial charge in [-0.1, -0.05) is 12.8 Å². The van der Waals surface area contributed by atoms with Crippen LogP contribution in [0.25, 0.3) is 5.65 Å². The van der Waals surface area contributed by atoms with Crippen molar-refractivity contribution in [3.8, 4) is 0 Å². The molecule has 2 heterocycles. The molecule has 2 aromatic heterocycles. The molecule has 2 unspecified atom stereocenters. The fraction of sp³-hybridized carbons (Fsp3) is 0.615. The Hall–Kier alpha value is -1.69. The highest BCUT2D eigenvalue weighted by atomic mass is 16.3. The molecule has 0 spiro atoms. The monoisotopic (exact) mass is 261 g/mol. The van der Waals surface area contributed by atoms with Gasteiger partial charge in [-0.15, -0.1) is 10.2 Å². The number of aryl methyl sites for hydroxylation is 1. The first-order valence-corrected chi connectivity index (χ1v) is 6.84. The topological polar surface area (TPSA) is 75.3 Å². The van der Waals surface area contributed by atoms with E-state index in [1.807, 2.05) is 17.5 Å². The Morgan fingerprint density at radius 3 is 3.05 bits per heavy atom. The van der Waals surface area contributed by atoms with Gasteiger partial charge in [-0.2, -0.15) is 0 Å². The van der Waals surface area contributed by atoms with Gasteiger partial charge in [-0.3, -0.25) is 4.40 Å². The number of rotatable bonds is 3.